The second-order valence-electron chi connectivity index (χ2n) is 9.93. The van der Waals surface area contributed by atoms with Gasteiger partial charge in [0.1, 0.15) is 12.3 Å². The van der Waals surface area contributed by atoms with Crippen LogP contribution >= 0.6 is 0 Å². The normalized spacial score (nSPS) is 16.4. The van der Waals surface area contributed by atoms with Crippen molar-refractivity contribution in [2.75, 3.05) is 19.0 Å². The lowest BCUT2D eigenvalue weighted by Gasteiger charge is -2.32. The third-order valence-corrected chi connectivity index (χ3v) is 6.61. The summed E-state index contributed by atoms with van der Waals surface area (Å²) in [6, 6.07) is 11.5. The van der Waals surface area contributed by atoms with Crippen molar-refractivity contribution in [3.8, 4) is 17.1 Å². The highest BCUT2D eigenvalue weighted by Crippen LogP contribution is 2.37. The summed E-state index contributed by atoms with van der Waals surface area (Å²) in [5.74, 6) is 0.578. The van der Waals surface area contributed by atoms with Crippen molar-refractivity contribution in [3.05, 3.63) is 48.0 Å². The molecule has 202 valence electrons. The van der Waals surface area contributed by atoms with E-state index >= 15 is 0 Å². The molecule has 2 aromatic carbocycles. The molecule has 4 rings (SSSR count). The minimum atomic E-state index is -4.48. The van der Waals surface area contributed by atoms with Crippen LogP contribution in [0.15, 0.2) is 42.5 Å². The zero-order valence-electron chi connectivity index (χ0n) is 21.9. The molecule has 0 spiro atoms. The number of aryl methyl sites for hydroxylation is 1. The van der Waals surface area contributed by atoms with Gasteiger partial charge in [-0.15, -0.1) is 5.10 Å². The number of rotatable bonds is 7. The van der Waals surface area contributed by atoms with Crippen LogP contribution in [0.4, 0.5) is 24.8 Å². The van der Waals surface area contributed by atoms with E-state index in [1.807, 2.05) is 51.2 Å². The molecule has 9 nitrogen and oxygen atoms in total. The molecule has 38 heavy (non-hydrogen) atoms. The first kappa shape index (κ1) is 27.5. The van der Waals surface area contributed by atoms with Crippen molar-refractivity contribution in [2.24, 2.45) is 7.05 Å². The van der Waals surface area contributed by atoms with Crippen molar-refractivity contribution in [1.29, 1.82) is 0 Å². The van der Waals surface area contributed by atoms with Crippen LogP contribution in [-0.4, -0.2) is 58.8 Å². The molecule has 1 aromatic heterocycles. The number of amides is 1. The monoisotopic (exact) mass is 531 g/mol. The fourth-order valence-corrected chi connectivity index (χ4v) is 3.75. The van der Waals surface area contributed by atoms with Crippen LogP contribution in [-0.2, 0) is 16.4 Å². The van der Waals surface area contributed by atoms with Crippen molar-refractivity contribution < 1.29 is 32.0 Å². The van der Waals surface area contributed by atoms with Gasteiger partial charge < -0.3 is 24.7 Å². The summed E-state index contributed by atoms with van der Waals surface area (Å²) in [4.78, 5) is 16.5. The molecular formula is C25H29BF3N5O4. The van der Waals surface area contributed by atoms with Crippen LogP contribution in [0.5, 0.6) is 5.75 Å². The lowest BCUT2D eigenvalue weighted by atomic mass is 9.78. The molecule has 0 saturated carbocycles. The van der Waals surface area contributed by atoms with Gasteiger partial charge in [-0.05, 0) is 45.9 Å². The molecule has 0 unspecified atom stereocenters. The fraction of sp³-hybridized carbons (Fsp3) is 0.400. The van der Waals surface area contributed by atoms with Crippen molar-refractivity contribution in [1.82, 2.24) is 20.1 Å². The smallest absolute Gasteiger partial charge is 0.497 e. The van der Waals surface area contributed by atoms with E-state index in [2.05, 4.69) is 15.4 Å². The molecule has 1 fully saturated rings. The Kier molecular flexibility index (Phi) is 7.19. The van der Waals surface area contributed by atoms with Gasteiger partial charge >= 0.3 is 13.3 Å². The number of hydrogen-bond acceptors (Lipinski definition) is 7. The molecule has 1 aliphatic heterocycles. The van der Waals surface area contributed by atoms with Gasteiger partial charge in [-0.2, -0.15) is 18.2 Å². The molecule has 0 atom stereocenters. The molecule has 2 heterocycles. The van der Waals surface area contributed by atoms with Gasteiger partial charge in [0.2, 0.25) is 5.95 Å². The predicted molar refractivity (Wildman–Crippen MR) is 137 cm³/mol. The van der Waals surface area contributed by atoms with E-state index in [1.165, 1.54) is 12.1 Å². The molecule has 0 aliphatic carbocycles. The number of methoxy groups -OCH3 is 1. The average Bonchev–Trinajstić information content (AvgIpc) is 3.31. The number of benzene rings is 2. The first-order valence-electron chi connectivity index (χ1n) is 11.9. The van der Waals surface area contributed by atoms with Gasteiger partial charge in [-0.25, -0.2) is 4.68 Å². The van der Waals surface area contributed by atoms with Crippen LogP contribution in [0, 0.1) is 0 Å². The van der Waals surface area contributed by atoms with E-state index in [1.54, 1.807) is 31.0 Å². The Bertz CT molecular complexity index is 1310. The molecule has 1 amide bonds. The van der Waals surface area contributed by atoms with E-state index in [4.69, 9.17) is 14.0 Å². The molecule has 1 saturated heterocycles. The summed E-state index contributed by atoms with van der Waals surface area (Å²) in [5.41, 5.74) is 1.17. The summed E-state index contributed by atoms with van der Waals surface area (Å²) in [7, 11) is 2.71. The standard InChI is InChI=1S/C25H29BF3N5O4/c1-23(2)24(3,4)38-26(37-23)18-12-11-17(13-19(18)36-6)31-22-32-20(33-34(22)5)15-7-9-16(10-8-15)21(35)30-14-25(27,28)29/h7-13H,14H2,1-6H3,(H,30,35)(H,31,32,33). The molecular weight excluding hydrogens is 502 g/mol. The third kappa shape index (κ3) is 5.78. The highest BCUT2D eigenvalue weighted by atomic mass is 19.4. The van der Waals surface area contributed by atoms with E-state index in [-0.39, 0.29) is 5.56 Å². The topological polar surface area (TPSA) is 99.5 Å². The summed E-state index contributed by atoms with van der Waals surface area (Å²) in [6.07, 6.45) is -4.48. The Labute approximate surface area is 218 Å². The Morgan fingerprint density at radius 3 is 2.29 bits per heavy atom. The second-order valence-corrected chi connectivity index (χ2v) is 9.93. The number of anilines is 2. The SMILES string of the molecule is COc1cc(Nc2nc(-c3ccc(C(=O)NCC(F)(F)F)cc3)nn2C)ccc1B1OC(C)(C)C(C)(C)O1. The lowest BCUT2D eigenvalue weighted by molar-refractivity contribution is -0.123. The van der Waals surface area contributed by atoms with Crippen molar-refractivity contribution in [2.45, 2.75) is 45.1 Å². The zero-order valence-corrected chi connectivity index (χ0v) is 21.9. The molecule has 3 aromatic rings. The number of aromatic nitrogens is 3. The Morgan fingerprint density at radius 1 is 1.08 bits per heavy atom. The highest BCUT2D eigenvalue weighted by Gasteiger charge is 2.52. The molecule has 1 aliphatic rings. The number of nitrogens with one attached hydrogen (secondary N) is 2. The molecule has 13 heteroatoms. The minimum absolute atomic E-state index is 0.0986. The Balaban J connectivity index is 1.48. The largest absolute Gasteiger partial charge is 0.498 e. The van der Waals surface area contributed by atoms with E-state index < -0.39 is 36.9 Å². The number of halogens is 3. The van der Waals surface area contributed by atoms with Crippen LogP contribution in [0.1, 0.15) is 38.1 Å². The highest BCUT2D eigenvalue weighted by molar-refractivity contribution is 6.63. The maximum absolute atomic E-state index is 12.3. The molecule has 0 radical (unpaired) electrons. The van der Waals surface area contributed by atoms with Gasteiger partial charge in [0, 0.05) is 35.4 Å². The quantitative estimate of drug-likeness (QED) is 0.448. The lowest BCUT2D eigenvalue weighted by Crippen LogP contribution is -2.41. The molecule has 2 N–H and O–H groups in total. The summed E-state index contributed by atoms with van der Waals surface area (Å²) in [5, 5.41) is 9.45. The number of carbonyl (C=O) groups is 1. The summed E-state index contributed by atoms with van der Waals surface area (Å²) >= 11 is 0. The number of alkyl halides is 3. The summed E-state index contributed by atoms with van der Waals surface area (Å²) < 4.78 is 56.5. The van der Waals surface area contributed by atoms with Crippen molar-refractivity contribution in [3.63, 3.8) is 0 Å². The number of carbonyl (C=O) groups excluding carboxylic acids is 1. The van der Waals surface area contributed by atoms with E-state index in [9.17, 15) is 18.0 Å². The van der Waals surface area contributed by atoms with Gasteiger partial charge in [0.25, 0.3) is 5.91 Å². The van der Waals surface area contributed by atoms with Crippen LogP contribution in [0.2, 0.25) is 0 Å². The van der Waals surface area contributed by atoms with E-state index in [0.29, 0.717) is 28.8 Å². The molecule has 0 bridgehead atoms. The first-order chi connectivity index (χ1) is 17.7. The van der Waals surface area contributed by atoms with Crippen LogP contribution < -0.4 is 20.8 Å². The second kappa shape index (κ2) is 9.95. The zero-order chi connectivity index (χ0) is 27.9. The van der Waals surface area contributed by atoms with Crippen LogP contribution in [0.3, 0.4) is 0 Å². The number of ether oxygens (including phenoxy) is 1. The van der Waals surface area contributed by atoms with Gasteiger partial charge in [-0.3, -0.25) is 4.79 Å². The number of nitrogens with zero attached hydrogens (tertiary/aromatic N) is 3. The Morgan fingerprint density at radius 2 is 1.71 bits per heavy atom. The maximum atomic E-state index is 12.3. The minimum Gasteiger partial charge on any atom is -0.497 e. The van der Waals surface area contributed by atoms with Crippen LogP contribution in [0.25, 0.3) is 11.4 Å². The fourth-order valence-electron chi connectivity index (χ4n) is 3.75. The van der Waals surface area contributed by atoms with Crippen molar-refractivity contribution >= 4 is 30.1 Å². The Hall–Kier alpha value is -3.58. The third-order valence-electron chi connectivity index (χ3n) is 6.61. The van der Waals surface area contributed by atoms with Gasteiger partial charge in [0.05, 0.1) is 18.3 Å². The average molecular weight is 531 g/mol. The van der Waals surface area contributed by atoms with E-state index in [0.717, 1.165) is 5.46 Å². The maximum Gasteiger partial charge on any atom is 0.498 e. The van der Waals surface area contributed by atoms with Gasteiger partial charge in [0.15, 0.2) is 5.82 Å². The summed E-state index contributed by atoms with van der Waals surface area (Å²) in [6.45, 7) is 6.54. The number of hydrogen-bond donors (Lipinski definition) is 2. The van der Waals surface area contributed by atoms with Gasteiger partial charge in [-0.1, -0.05) is 18.2 Å². The predicted octanol–water partition coefficient (Wildman–Crippen LogP) is 3.83. The first-order valence-corrected chi connectivity index (χ1v) is 11.9.